The molecule has 0 aromatic heterocycles. The predicted molar refractivity (Wildman–Crippen MR) is 96.6 cm³/mol. The van der Waals surface area contributed by atoms with Gasteiger partial charge in [0.1, 0.15) is 5.75 Å². The van der Waals surface area contributed by atoms with E-state index in [9.17, 15) is 9.59 Å². The lowest BCUT2D eigenvalue weighted by atomic mass is 9.98. The summed E-state index contributed by atoms with van der Waals surface area (Å²) >= 11 is 0. The van der Waals surface area contributed by atoms with Gasteiger partial charge in [-0.3, -0.25) is 9.59 Å². The maximum absolute atomic E-state index is 12.1. The quantitative estimate of drug-likeness (QED) is 0.827. The lowest BCUT2D eigenvalue weighted by Crippen LogP contribution is -2.41. The standard InChI is InChI=1S/C20H28N2O3/c1-2-5-19(23)22-11-4-6-15(13-22)14-25-18-8-3-7-16(12-18)20(24)21-17-9-10-17/h3,7-8,12,15,17H,2,4-6,9-11,13-14H2,1H3,(H,21,24)/t15-/m1/s1. The minimum Gasteiger partial charge on any atom is -0.493 e. The molecule has 5 nitrogen and oxygen atoms in total. The zero-order chi connectivity index (χ0) is 17.6. The second kappa shape index (κ2) is 8.37. The van der Waals surface area contributed by atoms with Crippen LogP contribution in [0.2, 0.25) is 0 Å². The second-order valence-electron chi connectivity index (χ2n) is 7.18. The molecule has 2 fully saturated rings. The Bertz CT molecular complexity index is 613. The maximum atomic E-state index is 12.1. The molecule has 136 valence electrons. The van der Waals surface area contributed by atoms with Crippen LogP contribution >= 0.6 is 0 Å². The van der Waals surface area contributed by atoms with Crippen LogP contribution < -0.4 is 10.1 Å². The summed E-state index contributed by atoms with van der Waals surface area (Å²) in [6, 6.07) is 7.72. The highest BCUT2D eigenvalue weighted by atomic mass is 16.5. The van der Waals surface area contributed by atoms with Gasteiger partial charge in [0.05, 0.1) is 6.61 Å². The Morgan fingerprint density at radius 2 is 2.12 bits per heavy atom. The van der Waals surface area contributed by atoms with Gasteiger partial charge in [-0.15, -0.1) is 0 Å². The third kappa shape index (κ3) is 5.21. The monoisotopic (exact) mass is 344 g/mol. The van der Waals surface area contributed by atoms with E-state index in [0.717, 1.165) is 50.9 Å². The largest absolute Gasteiger partial charge is 0.493 e. The molecule has 1 heterocycles. The average Bonchev–Trinajstić information content (AvgIpc) is 3.45. The van der Waals surface area contributed by atoms with E-state index in [1.54, 1.807) is 6.07 Å². The topological polar surface area (TPSA) is 58.6 Å². The van der Waals surface area contributed by atoms with Gasteiger partial charge in [0, 0.05) is 37.0 Å². The molecule has 1 N–H and O–H groups in total. The molecule has 5 heteroatoms. The molecular formula is C20H28N2O3. The zero-order valence-electron chi connectivity index (χ0n) is 15.0. The molecule has 0 spiro atoms. The summed E-state index contributed by atoms with van der Waals surface area (Å²) in [5.41, 5.74) is 0.646. The van der Waals surface area contributed by atoms with E-state index in [2.05, 4.69) is 5.32 Å². The Kier molecular flexibility index (Phi) is 5.95. The van der Waals surface area contributed by atoms with Crippen LogP contribution in [-0.2, 0) is 4.79 Å². The Hall–Kier alpha value is -2.04. The fourth-order valence-corrected chi connectivity index (χ4v) is 3.24. The van der Waals surface area contributed by atoms with Crippen molar-refractivity contribution in [3.05, 3.63) is 29.8 Å². The molecule has 25 heavy (non-hydrogen) atoms. The first kappa shape index (κ1) is 17.8. The average molecular weight is 344 g/mol. The van der Waals surface area contributed by atoms with Crippen LogP contribution in [0, 0.1) is 5.92 Å². The highest BCUT2D eigenvalue weighted by molar-refractivity contribution is 5.94. The number of ether oxygens (including phenoxy) is 1. The van der Waals surface area contributed by atoms with Crippen molar-refractivity contribution in [2.24, 2.45) is 5.92 Å². The molecular weight excluding hydrogens is 316 g/mol. The van der Waals surface area contributed by atoms with E-state index in [4.69, 9.17) is 4.74 Å². The van der Waals surface area contributed by atoms with E-state index in [1.807, 2.05) is 30.0 Å². The van der Waals surface area contributed by atoms with E-state index in [1.165, 1.54) is 0 Å². The first-order valence-electron chi connectivity index (χ1n) is 9.47. The van der Waals surface area contributed by atoms with Crippen LogP contribution in [-0.4, -0.2) is 42.5 Å². The minimum atomic E-state index is -0.0260. The Labute approximate surface area is 149 Å². The minimum absolute atomic E-state index is 0.0260. The number of carbonyl (C=O) groups is 2. The number of rotatable bonds is 7. The molecule has 0 radical (unpaired) electrons. The Morgan fingerprint density at radius 3 is 2.88 bits per heavy atom. The number of benzene rings is 1. The summed E-state index contributed by atoms with van der Waals surface area (Å²) in [6.07, 6.45) is 5.80. The Morgan fingerprint density at radius 1 is 1.28 bits per heavy atom. The lowest BCUT2D eigenvalue weighted by molar-refractivity contribution is -0.133. The highest BCUT2D eigenvalue weighted by Gasteiger charge is 2.25. The van der Waals surface area contributed by atoms with Gasteiger partial charge in [-0.2, -0.15) is 0 Å². The van der Waals surface area contributed by atoms with Gasteiger partial charge in [-0.1, -0.05) is 13.0 Å². The van der Waals surface area contributed by atoms with Crippen LogP contribution in [0.15, 0.2) is 24.3 Å². The first-order valence-corrected chi connectivity index (χ1v) is 9.47. The first-order chi connectivity index (χ1) is 12.2. The molecule has 0 unspecified atom stereocenters. The zero-order valence-corrected chi connectivity index (χ0v) is 15.0. The number of likely N-dealkylation sites (tertiary alicyclic amines) is 1. The molecule has 2 aliphatic rings. The Balaban J connectivity index is 1.50. The molecule has 2 amide bonds. The van der Waals surface area contributed by atoms with Gasteiger partial charge < -0.3 is 15.0 Å². The number of piperidine rings is 1. The van der Waals surface area contributed by atoms with Crippen molar-refractivity contribution in [2.45, 2.75) is 51.5 Å². The van der Waals surface area contributed by atoms with Gasteiger partial charge in [0.2, 0.25) is 5.91 Å². The van der Waals surface area contributed by atoms with Crippen molar-refractivity contribution in [1.82, 2.24) is 10.2 Å². The SMILES string of the molecule is CCCC(=O)N1CCC[C@@H](COc2cccc(C(=O)NC3CC3)c2)C1. The van der Waals surface area contributed by atoms with Crippen molar-refractivity contribution < 1.29 is 14.3 Å². The number of hydrogen-bond acceptors (Lipinski definition) is 3. The molecule has 1 atom stereocenters. The summed E-state index contributed by atoms with van der Waals surface area (Å²) in [5, 5.41) is 2.99. The molecule has 1 saturated heterocycles. The van der Waals surface area contributed by atoms with E-state index in [0.29, 0.717) is 30.6 Å². The fraction of sp³-hybridized carbons (Fsp3) is 0.600. The third-order valence-electron chi connectivity index (χ3n) is 4.83. The summed E-state index contributed by atoms with van der Waals surface area (Å²) in [5.74, 6) is 1.31. The predicted octanol–water partition coefficient (Wildman–Crippen LogP) is 3.00. The van der Waals surface area contributed by atoms with Crippen molar-refractivity contribution >= 4 is 11.8 Å². The number of hydrogen-bond donors (Lipinski definition) is 1. The van der Waals surface area contributed by atoms with E-state index < -0.39 is 0 Å². The molecule has 1 aliphatic heterocycles. The number of nitrogens with one attached hydrogen (secondary N) is 1. The summed E-state index contributed by atoms with van der Waals surface area (Å²) < 4.78 is 5.93. The van der Waals surface area contributed by atoms with Crippen LogP contribution in [0.1, 0.15) is 55.8 Å². The number of amides is 2. The molecule has 1 aliphatic carbocycles. The van der Waals surface area contributed by atoms with Gasteiger partial charge in [0.15, 0.2) is 0 Å². The second-order valence-corrected chi connectivity index (χ2v) is 7.18. The maximum Gasteiger partial charge on any atom is 0.251 e. The van der Waals surface area contributed by atoms with Crippen LogP contribution in [0.3, 0.4) is 0 Å². The summed E-state index contributed by atoms with van der Waals surface area (Å²) in [4.78, 5) is 26.2. The third-order valence-corrected chi connectivity index (χ3v) is 4.83. The lowest BCUT2D eigenvalue weighted by Gasteiger charge is -2.32. The number of nitrogens with zero attached hydrogens (tertiary/aromatic N) is 1. The molecule has 1 aromatic rings. The fourth-order valence-electron chi connectivity index (χ4n) is 3.24. The van der Waals surface area contributed by atoms with Gasteiger partial charge in [-0.05, 0) is 50.3 Å². The molecule has 1 saturated carbocycles. The molecule has 3 rings (SSSR count). The molecule has 1 aromatic carbocycles. The van der Waals surface area contributed by atoms with Crippen molar-refractivity contribution in [3.63, 3.8) is 0 Å². The normalized spacial score (nSPS) is 20.2. The van der Waals surface area contributed by atoms with Gasteiger partial charge in [-0.25, -0.2) is 0 Å². The van der Waals surface area contributed by atoms with Crippen LogP contribution in [0.25, 0.3) is 0 Å². The van der Waals surface area contributed by atoms with Crippen molar-refractivity contribution in [3.8, 4) is 5.75 Å². The van der Waals surface area contributed by atoms with Crippen molar-refractivity contribution in [1.29, 1.82) is 0 Å². The highest BCUT2D eigenvalue weighted by Crippen LogP contribution is 2.22. The van der Waals surface area contributed by atoms with Gasteiger partial charge >= 0.3 is 0 Å². The molecule has 0 bridgehead atoms. The summed E-state index contributed by atoms with van der Waals surface area (Å²) in [6.45, 7) is 4.27. The number of carbonyl (C=O) groups excluding carboxylic acids is 2. The smallest absolute Gasteiger partial charge is 0.251 e. The summed E-state index contributed by atoms with van der Waals surface area (Å²) in [7, 11) is 0. The van der Waals surface area contributed by atoms with Gasteiger partial charge in [0.25, 0.3) is 5.91 Å². The van der Waals surface area contributed by atoms with Crippen molar-refractivity contribution in [2.75, 3.05) is 19.7 Å². The van der Waals surface area contributed by atoms with Crippen LogP contribution in [0.4, 0.5) is 0 Å². The van der Waals surface area contributed by atoms with Crippen LogP contribution in [0.5, 0.6) is 5.75 Å². The van der Waals surface area contributed by atoms with E-state index >= 15 is 0 Å². The van der Waals surface area contributed by atoms with E-state index in [-0.39, 0.29) is 11.8 Å².